The summed E-state index contributed by atoms with van der Waals surface area (Å²) in [5, 5.41) is 3.45. The molecule has 1 aromatic rings. The van der Waals surface area contributed by atoms with Gasteiger partial charge in [-0.25, -0.2) is 4.98 Å². The zero-order valence-corrected chi connectivity index (χ0v) is 10.3. The Morgan fingerprint density at radius 1 is 1.40 bits per heavy atom. The highest BCUT2D eigenvalue weighted by Gasteiger charge is 2.09. The van der Waals surface area contributed by atoms with Gasteiger partial charge in [0.15, 0.2) is 0 Å². The summed E-state index contributed by atoms with van der Waals surface area (Å²) in [7, 11) is 0. The highest BCUT2D eigenvalue weighted by molar-refractivity contribution is 4.95. The molecule has 0 saturated carbocycles. The number of rotatable bonds is 6. The molecule has 86 valence electrons. The number of aryl methyl sites for hydroxylation is 1. The van der Waals surface area contributed by atoms with Crippen LogP contribution in [0.1, 0.15) is 46.0 Å². The van der Waals surface area contributed by atoms with Crippen LogP contribution in [0, 0.1) is 0 Å². The van der Waals surface area contributed by atoms with Crippen LogP contribution in [0.25, 0.3) is 0 Å². The lowest BCUT2D eigenvalue weighted by Gasteiger charge is -2.18. The number of nitrogens with zero attached hydrogens (tertiary/aromatic N) is 2. The smallest absolute Gasteiger partial charge is 0.108 e. The quantitative estimate of drug-likeness (QED) is 0.779. The van der Waals surface area contributed by atoms with Gasteiger partial charge in [-0.05, 0) is 13.3 Å². The lowest BCUT2D eigenvalue weighted by molar-refractivity contribution is 0.452. The third-order valence-corrected chi connectivity index (χ3v) is 2.52. The molecule has 0 aromatic carbocycles. The molecule has 0 saturated heterocycles. The van der Waals surface area contributed by atoms with Crippen molar-refractivity contribution in [3.8, 4) is 0 Å². The third-order valence-electron chi connectivity index (χ3n) is 2.52. The SMILES string of the molecule is CCCc1nccn1C(C)CNC(C)C. The summed E-state index contributed by atoms with van der Waals surface area (Å²) in [6, 6.07) is 1.03. The van der Waals surface area contributed by atoms with Crippen molar-refractivity contribution < 1.29 is 0 Å². The normalized spacial score (nSPS) is 13.4. The van der Waals surface area contributed by atoms with E-state index in [9.17, 15) is 0 Å². The number of aromatic nitrogens is 2. The number of hydrogen-bond donors (Lipinski definition) is 1. The highest BCUT2D eigenvalue weighted by atomic mass is 15.1. The average molecular weight is 209 g/mol. The van der Waals surface area contributed by atoms with Gasteiger partial charge in [0.2, 0.25) is 0 Å². The molecular formula is C12H23N3. The lowest BCUT2D eigenvalue weighted by atomic mass is 10.2. The number of nitrogens with one attached hydrogen (secondary N) is 1. The molecule has 1 aromatic heterocycles. The number of hydrogen-bond acceptors (Lipinski definition) is 2. The van der Waals surface area contributed by atoms with E-state index in [0.29, 0.717) is 12.1 Å². The maximum Gasteiger partial charge on any atom is 0.108 e. The summed E-state index contributed by atoms with van der Waals surface area (Å²) in [4.78, 5) is 4.39. The Bertz CT molecular complexity index is 278. The number of imidazole rings is 1. The topological polar surface area (TPSA) is 29.9 Å². The maximum absolute atomic E-state index is 4.39. The molecule has 1 N–H and O–H groups in total. The minimum Gasteiger partial charge on any atom is -0.331 e. The summed E-state index contributed by atoms with van der Waals surface area (Å²) in [5.41, 5.74) is 0. The van der Waals surface area contributed by atoms with Gasteiger partial charge in [-0.3, -0.25) is 0 Å². The van der Waals surface area contributed by atoms with Crippen molar-refractivity contribution in [1.82, 2.24) is 14.9 Å². The van der Waals surface area contributed by atoms with Crippen molar-refractivity contribution in [2.75, 3.05) is 6.54 Å². The minimum atomic E-state index is 0.483. The van der Waals surface area contributed by atoms with Gasteiger partial charge in [0, 0.05) is 37.4 Å². The second-order valence-electron chi connectivity index (χ2n) is 4.41. The Balaban J connectivity index is 2.56. The summed E-state index contributed by atoms with van der Waals surface area (Å²) < 4.78 is 2.28. The maximum atomic E-state index is 4.39. The first-order chi connectivity index (χ1) is 7.15. The summed E-state index contributed by atoms with van der Waals surface area (Å²) in [6.45, 7) is 9.78. The third kappa shape index (κ3) is 3.67. The van der Waals surface area contributed by atoms with Crippen LogP contribution in [0.15, 0.2) is 12.4 Å². The first kappa shape index (κ1) is 12.2. The Morgan fingerprint density at radius 3 is 2.73 bits per heavy atom. The van der Waals surface area contributed by atoms with Crippen molar-refractivity contribution in [2.24, 2.45) is 0 Å². The molecule has 1 unspecified atom stereocenters. The van der Waals surface area contributed by atoms with Crippen LogP contribution < -0.4 is 5.32 Å². The zero-order chi connectivity index (χ0) is 11.3. The summed E-state index contributed by atoms with van der Waals surface area (Å²) >= 11 is 0. The van der Waals surface area contributed by atoms with E-state index in [1.807, 2.05) is 6.20 Å². The van der Waals surface area contributed by atoms with Crippen LogP contribution in [0.4, 0.5) is 0 Å². The summed E-state index contributed by atoms with van der Waals surface area (Å²) in [6.07, 6.45) is 6.20. The molecule has 0 spiro atoms. The van der Waals surface area contributed by atoms with Gasteiger partial charge in [-0.1, -0.05) is 20.8 Å². The molecule has 0 aliphatic carbocycles. The van der Waals surface area contributed by atoms with Crippen molar-refractivity contribution in [2.45, 2.75) is 52.6 Å². The molecule has 15 heavy (non-hydrogen) atoms. The molecule has 0 aliphatic rings. The van der Waals surface area contributed by atoms with Crippen LogP contribution >= 0.6 is 0 Å². The van der Waals surface area contributed by atoms with Gasteiger partial charge < -0.3 is 9.88 Å². The predicted octanol–water partition coefficient (Wildman–Crippen LogP) is 2.39. The summed E-state index contributed by atoms with van der Waals surface area (Å²) in [5.74, 6) is 1.20. The van der Waals surface area contributed by atoms with E-state index < -0.39 is 0 Å². The second-order valence-corrected chi connectivity index (χ2v) is 4.41. The second kappa shape index (κ2) is 5.91. The first-order valence-electron chi connectivity index (χ1n) is 5.90. The monoisotopic (exact) mass is 209 g/mol. The Morgan fingerprint density at radius 2 is 2.13 bits per heavy atom. The molecular weight excluding hydrogens is 186 g/mol. The Kier molecular flexibility index (Phi) is 4.82. The van der Waals surface area contributed by atoms with E-state index >= 15 is 0 Å². The van der Waals surface area contributed by atoms with Gasteiger partial charge in [-0.15, -0.1) is 0 Å². The van der Waals surface area contributed by atoms with E-state index in [0.717, 1.165) is 19.4 Å². The van der Waals surface area contributed by atoms with Crippen molar-refractivity contribution in [3.63, 3.8) is 0 Å². The minimum absolute atomic E-state index is 0.483. The van der Waals surface area contributed by atoms with Gasteiger partial charge >= 0.3 is 0 Å². The van der Waals surface area contributed by atoms with Crippen LogP contribution in [-0.4, -0.2) is 22.1 Å². The Labute approximate surface area is 92.9 Å². The molecule has 0 fully saturated rings. The molecule has 3 heteroatoms. The molecule has 1 heterocycles. The van der Waals surface area contributed by atoms with Crippen molar-refractivity contribution in [3.05, 3.63) is 18.2 Å². The van der Waals surface area contributed by atoms with Crippen LogP contribution in [0.2, 0.25) is 0 Å². The van der Waals surface area contributed by atoms with Gasteiger partial charge in [0.05, 0.1) is 0 Å². The largest absolute Gasteiger partial charge is 0.331 e. The lowest BCUT2D eigenvalue weighted by Crippen LogP contribution is -2.29. The van der Waals surface area contributed by atoms with Crippen LogP contribution in [0.5, 0.6) is 0 Å². The van der Waals surface area contributed by atoms with E-state index in [2.05, 4.69) is 48.8 Å². The molecule has 1 rings (SSSR count). The van der Waals surface area contributed by atoms with Crippen LogP contribution in [-0.2, 0) is 6.42 Å². The van der Waals surface area contributed by atoms with E-state index in [1.165, 1.54) is 5.82 Å². The molecule has 0 bridgehead atoms. The molecule has 0 amide bonds. The standard InChI is InChI=1S/C12H23N3/c1-5-6-12-13-7-8-15(12)11(4)9-14-10(2)3/h7-8,10-11,14H,5-6,9H2,1-4H3. The highest BCUT2D eigenvalue weighted by Crippen LogP contribution is 2.10. The zero-order valence-electron chi connectivity index (χ0n) is 10.3. The van der Waals surface area contributed by atoms with E-state index in [1.54, 1.807) is 0 Å². The van der Waals surface area contributed by atoms with Gasteiger partial charge in [0.1, 0.15) is 5.82 Å². The average Bonchev–Trinajstić information content (AvgIpc) is 2.63. The van der Waals surface area contributed by atoms with E-state index in [4.69, 9.17) is 0 Å². The molecule has 1 atom stereocenters. The first-order valence-corrected chi connectivity index (χ1v) is 5.90. The molecule has 0 radical (unpaired) electrons. The van der Waals surface area contributed by atoms with Crippen LogP contribution in [0.3, 0.4) is 0 Å². The Hall–Kier alpha value is -0.830. The van der Waals surface area contributed by atoms with Crippen molar-refractivity contribution >= 4 is 0 Å². The predicted molar refractivity (Wildman–Crippen MR) is 64.1 cm³/mol. The fraction of sp³-hybridized carbons (Fsp3) is 0.750. The fourth-order valence-electron chi connectivity index (χ4n) is 1.67. The fourth-order valence-corrected chi connectivity index (χ4v) is 1.67. The van der Waals surface area contributed by atoms with E-state index in [-0.39, 0.29) is 0 Å². The molecule has 3 nitrogen and oxygen atoms in total. The van der Waals surface area contributed by atoms with Gasteiger partial charge in [-0.2, -0.15) is 0 Å². The van der Waals surface area contributed by atoms with Crippen molar-refractivity contribution in [1.29, 1.82) is 0 Å². The van der Waals surface area contributed by atoms with Gasteiger partial charge in [0.25, 0.3) is 0 Å². The molecule has 0 aliphatic heterocycles.